The summed E-state index contributed by atoms with van der Waals surface area (Å²) in [6.45, 7) is 1.49. The Kier molecular flexibility index (Phi) is 2.74. The third-order valence-electron chi connectivity index (χ3n) is 3.44. The van der Waals surface area contributed by atoms with Crippen molar-refractivity contribution in [2.24, 2.45) is 5.41 Å². The number of fused-ring (bicyclic) bond motifs is 1. The number of hydrogen-bond acceptors (Lipinski definition) is 4. The number of Topliss-reactive ketones (excluding diaryl/α,β-unsaturated/α-hetero) is 1. The molecule has 0 aromatic rings. The van der Waals surface area contributed by atoms with E-state index < -0.39 is 11.5 Å². The average molecular weight is 224 g/mol. The van der Waals surface area contributed by atoms with Gasteiger partial charge in [-0.25, -0.2) is 0 Å². The highest BCUT2D eigenvalue weighted by atomic mass is 16.5. The van der Waals surface area contributed by atoms with E-state index in [4.69, 9.17) is 9.47 Å². The van der Waals surface area contributed by atoms with Gasteiger partial charge in [-0.2, -0.15) is 0 Å². The number of rotatable bonds is 2. The van der Waals surface area contributed by atoms with Gasteiger partial charge in [-0.1, -0.05) is 0 Å². The molecule has 4 heteroatoms. The fraction of sp³-hybridized carbons (Fsp3) is 0.667. The molecule has 2 rings (SSSR count). The van der Waals surface area contributed by atoms with Gasteiger partial charge in [0.2, 0.25) is 0 Å². The van der Waals surface area contributed by atoms with Gasteiger partial charge in [0.15, 0.2) is 11.9 Å². The normalized spacial score (nSPS) is 32.4. The van der Waals surface area contributed by atoms with Crippen LogP contribution < -0.4 is 0 Å². The average Bonchev–Trinajstić information content (AvgIpc) is 2.68. The van der Waals surface area contributed by atoms with E-state index in [-0.39, 0.29) is 11.8 Å². The van der Waals surface area contributed by atoms with Crippen LogP contribution in [0.3, 0.4) is 0 Å². The van der Waals surface area contributed by atoms with Gasteiger partial charge < -0.3 is 9.47 Å². The van der Waals surface area contributed by atoms with Crippen molar-refractivity contribution in [3.8, 4) is 0 Å². The van der Waals surface area contributed by atoms with Gasteiger partial charge in [0.05, 0.1) is 7.11 Å². The number of carbonyl (C=O) groups excluding carboxylic acids is 2. The lowest BCUT2D eigenvalue weighted by atomic mass is 9.75. The zero-order valence-corrected chi connectivity index (χ0v) is 9.62. The quantitative estimate of drug-likeness (QED) is 0.668. The Morgan fingerprint density at radius 2 is 2.31 bits per heavy atom. The zero-order valence-electron chi connectivity index (χ0n) is 9.62. The number of hydrogen-bond donors (Lipinski definition) is 0. The van der Waals surface area contributed by atoms with Crippen molar-refractivity contribution in [2.45, 2.75) is 38.7 Å². The van der Waals surface area contributed by atoms with Crippen molar-refractivity contribution in [3.05, 3.63) is 11.8 Å². The lowest BCUT2D eigenvalue weighted by molar-refractivity contribution is -0.151. The molecule has 0 aromatic heterocycles. The van der Waals surface area contributed by atoms with Crippen molar-refractivity contribution in [1.82, 2.24) is 0 Å². The summed E-state index contributed by atoms with van der Waals surface area (Å²) in [6.07, 6.45) is 4.42. The van der Waals surface area contributed by atoms with Crippen molar-refractivity contribution >= 4 is 11.8 Å². The first-order valence-electron chi connectivity index (χ1n) is 5.56. The number of ketones is 1. The predicted molar refractivity (Wildman–Crippen MR) is 56.6 cm³/mol. The Hall–Kier alpha value is -1.32. The van der Waals surface area contributed by atoms with Crippen LogP contribution in [0.5, 0.6) is 0 Å². The smallest absolute Gasteiger partial charge is 0.319 e. The fourth-order valence-corrected chi connectivity index (χ4v) is 2.54. The second-order valence-corrected chi connectivity index (χ2v) is 4.46. The summed E-state index contributed by atoms with van der Waals surface area (Å²) in [5.74, 6) is 0.339. The maximum absolute atomic E-state index is 11.9. The van der Waals surface area contributed by atoms with E-state index in [9.17, 15) is 9.59 Å². The Balaban J connectivity index is 2.33. The molecule has 1 unspecified atom stereocenters. The van der Waals surface area contributed by atoms with Crippen LogP contribution in [0.25, 0.3) is 0 Å². The highest BCUT2D eigenvalue weighted by Crippen LogP contribution is 2.49. The molecule has 1 fully saturated rings. The topological polar surface area (TPSA) is 52.6 Å². The van der Waals surface area contributed by atoms with E-state index in [2.05, 4.69) is 0 Å². The molecule has 0 radical (unpaired) electrons. The van der Waals surface area contributed by atoms with Crippen molar-refractivity contribution in [1.29, 1.82) is 0 Å². The fourth-order valence-electron chi connectivity index (χ4n) is 2.54. The molecule has 0 spiro atoms. The van der Waals surface area contributed by atoms with Crippen molar-refractivity contribution in [3.63, 3.8) is 0 Å². The summed E-state index contributed by atoms with van der Waals surface area (Å²) in [5.41, 5.74) is -0.691. The third-order valence-corrected chi connectivity index (χ3v) is 3.44. The maximum atomic E-state index is 11.9. The van der Waals surface area contributed by atoms with E-state index in [1.807, 2.05) is 6.08 Å². The molecular weight excluding hydrogens is 208 g/mol. The summed E-state index contributed by atoms with van der Waals surface area (Å²) >= 11 is 0. The van der Waals surface area contributed by atoms with Gasteiger partial charge in [-0.15, -0.1) is 0 Å². The molecule has 4 nitrogen and oxygen atoms in total. The van der Waals surface area contributed by atoms with E-state index in [0.717, 1.165) is 19.3 Å². The molecule has 1 aliphatic carbocycles. The molecule has 16 heavy (non-hydrogen) atoms. The number of allylic oxidation sites excluding steroid dienone is 1. The highest BCUT2D eigenvalue weighted by Gasteiger charge is 2.53. The van der Waals surface area contributed by atoms with E-state index in [0.29, 0.717) is 12.2 Å². The molecular formula is C12H16O4. The first-order chi connectivity index (χ1) is 7.60. The minimum absolute atomic E-state index is 0.0291. The van der Waals surface area contributed by atoms with Gasteiger partial charge in [0, 0.05) is 6.42 Å². The minimum Gasteiger partial charge on any atom is -0.486 e. The SMILES string of the molecule is COC(=O)[C@@]12CCCC=C1OC(C(C)=O)C2. The summed E-state index contributed by atoms with van der Waals surface area (Å²) in [4.78, 5) is 23.2. The Morgan fingerprint density at radius 1 is 1.56 bits per heavy atom. The molecule has 0 bridgehead atoms. The largest absolute Gasteiger partial charge is 0.486 e. The van der Waals surface area contributed by atoms with Crippen LogP contribution in [0.1, 0.15) is 32.6 Å². The molecule has 1 heterocycles. The number of ether oxygens (including phenoxy) is 2. The van der Waals surface area contributed by atoms with Gasteiger partial charge in [0.25, 0.3) is 0 Å². The van der Waals surface area contributed by atoms with Crippen LogP contribution in [-0.2, 0) is 19.1 Å². The molecule has 0 N–H and O–H groups in total. The van der Waals surface area contributed by atoms with Gasteiger partial charge in [0.1, 0.15) is 11.2 Å². The molecule has 1 aliphatic heterocycles. The predicted octanol–water partition coefficient (Wildman–Crippen LogP) is 1.59. The Bertz CT molecular complexity index is 358. The highest BCUT2D eigenvalue weighted by molar-refractivity contribution is 5.86. The van der Waals surface area contributed by atoms with Crippen LogP contribution >= 0.6 is 0 Å². The first kappa shape index (κ1) is 11.2. The molecule has 2 aliphatic rings. The van der Waals surface area contributed by atoms with Crippen LogP contribution in [-0.4, -0.2) is 25.0 Å². The Labute approximate surface area is 94.6 Å². The first-order valence-corrected chi connectivity index (χ1v) is 5.56. The Morgan fingerprint density at radius 3 is 2.94 bits per heavy atom. The van der Waals surface area contributed by atoms with Crippen molar-refractivity contribution in [2.75, 3.05) is 7.11 Å². The number of carbonyl (C=O) groups is 2. The minimum atomic E-state index is -0.691. The second kappa shape index (κ2) is 3.92. The summed E-state index contributed by atoms with van der Waals surface area (Å²) < 4.78 is 10.4. The molecule has 0 amide bonds. The van der Waals surface area contributed by atoms with E-state index in [1.165, 1.54) is 14.0 Å². The van der Waals surface area contributed by atoms with E-state index >= 15 is 0 Å². The summed E-state index contributed by atoms with van der Waals surface area (Å²) in [5, 5.41) is 0. The standard InChI is InChI=1S/C12H16O4/c1-8(13)9-7-12(11(14)15-2)6-4-3-5-10(12)16-9/h5,9H,3-4,6-7H2,1-2H3/t9?,12-/m1/s1. The van der Waals surface area contributed by atoms with Crippen LogP contribution in [0.4, 0.5) is 0 Å². The van der Waals surface area contributed by atoms with Gasteiger partial charge >= 0.3 is 5.97 Å². The molecule has 0 aromatic carbocycles. The molecule has 0 saturated carbocycles. The third kappa shape index (κ3) is 1.52. The summed E-state index contributed by atoms with van der Waals surface area (Å²) in [7, 11) is 1.38. The van der Waals surface area contributed by atoms with Gasteiger partial charge in [-0.05, 0) is 32.3 Å². The molecule has 2 atom stereocenters. The molecule has 1 saturated heterocycles. The monoisotopic (exact) mass is 224 g/mol. The lowest BCUT2D eigenvalue weighted by Gasteiger charge is -2.27. The van der Waals surface area contributed by atoms with Crippen LogP contribution in [0.15, 0.2) is 11.8 Å². The summed E-state index contributed by atoms with van der Waals surface area (Å²) in [6, 6.07) is 0. The number of esters is 1. The van der Waals surface area contributed by atoms with E-state index in [1.54, 1.807) is 0 Å². The maximum Gasteiger partial charge on any atom is 0.319 e. The van der Waals surface area contributed by atoms with Crippen molar-refractivity contribution < 1.29 is 19.1 Å². The van der Waals surface area contributed by atoms with Gasteiger partial charge in [-0.3, -0.25) is 9.59 Å². The number of methoxy groups -OCH3 is 1. The molecule has 88 valence electrons. The second-order valence-electron chi connectivity index (χ2n) is 4.46. The van der Waals surface area contributed by atoms with Crippen LogP contribution in [0.2, 0.25) is 0 Å². The lowest BCUT2D eigenvalue weighted by Crippen LogP contribution is -2.33. The van der Waals surface area contributed by atoms with Crippen LogP contribution in [0, 0.1) is 5.41 Å². The zero-order chi connectivity index (χ0) is 11.8.